The third-order valence-corrected chi connectivity index (χ3v) is 5.14. The van der Waals surface area contributed by atoms with Crippen molar-refractivity contribution in [1.82, 2.24) is 9.97 Å². The van der Waals surface area contributed by atoms with Crippen molar-refractivity contribution < 1.29 is 19.1 Å². The number of ether oxygens (including phenoxy) is 2. The number of carbonyl (C=O) groups is 2. The van der Waals surface area contributed by atoms with E-state index < -0.39 is 6.09 Å². The number of carbonyl (C=O) groups excluding carboxylic acids is 2. The summed E-state index contributed by atoms with van der Waals surface area (Å²) in [6.07, 6.45) is 0.851. The van der Waals surface area contributed by atoms with E-state index in [4.69, 9.17) is 25.2 Å². The molecule has 0 aliphatic carbocycles. The van der Waals surface area contributed by atoms with E-state index in [1.807, 2.05) is 12.1 Å². The van der Waals surface area contributed by atoms with Gasteiger partial charge in [0.15, 0.2) is 0 Å². The Kier molecular flexibility index (Phi) is 5.66. The van der Waals surface area contributed by atoms with Crippen molar-refractivity contribution in [2.75, 3.05) is 54.5 Å². The van der Waals surface area contributed by atoms with E-state index in [0.29, 0.717) is 63.0 Å². The molecule has 1 atom stereocenters. The normalized spacial score (nSPS) is 19.0. The summed E-state index contributed by atoms with van der Waals surface area (Å²) in [5.41, 5.74) is 6.51. The molecule has 1 aromatic heterocycles. The summed E-state index contributed by atoms with van der Waals surface area (Å²) < 4.78 is 10.6. The third kappa shape index (κ3) is 4.28. The molecule has 4 rings (SSSR count). The second-order valence-electron chi connectivity index (χ2n) is 7.17. The first kappa shape index (κ1) is 19.9. The maximum absolute atomic E-state index is 11.7. The van der Waals surface area contributed by atoms with E-state index >= 15 is 0 Å². The second kappa shape index (κ2) is 8.54. The minimum absolute atomic E-state index is 0.273. The lowest BCUT2D eigenvalue weighted by Crippen LogP contribution is -2.37. The molecule has 3 heterocycles. The highest BCUT2D eigenvalue weighted by atomic mass is 16.6. The Labute approximate surface area is 173 Å². The molecular weight excluding hydrogens is 388 g/mol. The number of nitrogens with two attached hydrogens (primary N) is 1. The first-order chi connectivity index (χ1) is 14.5. The number of nitrogens with zero attached hydrogens (tertiary/aromatic N) is 4. The van der Waals surface area contributed by atoms with Crippen LogP contribution in [0.1, 0.15) is 6.42 Å². The predicted molar refractivity (Wildman–Crippen MR) is 113 cm³/mol. The van der Waals surface area contributed by atoms with Crippen LogP contribution in [0.5, 0.6) is 0 Å². The Hall–Kier alpha value is -3.40. The second-order valence-corrected chi connectivity index (χ2v) is 7.17. The van der Waals surface area contributed by atoms with Gasteiger partial charge < -0.3 is 30.3 Å². The highest BCUT2D eigenvalue weighted by molar-refractivity contribution is 6.01. The maximum atomic E-state index is 11.7. The van der Waals surface area contributed by atoms with Crippen LogP contribution in [0.25, 0.3) is 10.9 Å². The predicted octanol–water partition coefficient (Wildman–Crippen LogP) is 1.26. The van der Waals surface area contributed by atoms with Crippen molar-refractivity contribution in [1.29, 1.82) is 0 Å². The Balaban J connectivity index is 1.72. The number of primary amides is 1. The van der Waals surface area contributed by atoms with Gasteiger partial charge in [0.25, 0.3) is 0 Å². The van der Waals surface area contributed by atoms with Gasteiger partial charge in [-0.1, -0.05) is 6.58 Å². The first-order valence-corrected chi connectivity index (χ1v) is 9.82. The maximum Gasteiger partial charge on any atom is 0.404 e. The fourth-order valence-electron chi connectivity index (χ4n) is 3.70. The monoisotopic (exact) mass is 412 g/mol. The van der Waals surface area contributed by atoms with Crippen molar-refractivity contribution in [2.45, 2.75) is 12.5 Å². The van der Waals surface area contributed by atoms with Crippen molar-refractivity contribution >= 4 is 40.4 Å². The third-order valence-electron chi connectivity index (χ3n) is 5.14. The van der Waals surface area contributed by atoms with Crippen LogP contribution in [0, 0.1) is 0 Å². The lowest BCUT2D eigenvalue weighted by atomic mass is 10.2. The van der Waals surface area contributed by atoms with Crippen LogP contribution in [0.2, 0.25) is 0 Å². The largest absolute Gasteiger partial charge is 0.444 e. The smallest absolute Gasteiger partial charge is 0.404 e. The van der Waals surface area contributed by atoms with Gasteiger partial charge in [-0.2, -0.15) is 4.98 Å². The number of nitrogens with one attached hydrogen (secondary N) is 1. The van der Waals surface area contributed by atoms with Crippen LogP contribution in [-0.2, 0) is 14.3 Å². The SMILES string of the molecule is C=CC(=O)Nc1ccc2c(N3CCC(OC(N)=O)C3)nc(N3CCOCC3)nc2c1. The molecule has 2 fully saturated rings. The highest BCUT2D eigenvalue weighted by Crippen LogP contribution is 2.31. The molecule has 10 nitrogen and oxygen atoms in total. The van der Waals surface area contributed by atoms with Gasteiger partial charge in [0, 0.05) is 37.1 Å². The number of rotatable bonds is 5. The number of hydrogen-bond acceptors (Lipinski definition) is 8. The number of anilines is 3. The van der Waals surface area contributed by atoms with Gasteiger partial charge in [0.2, 0.25) is 11.9 Å². The average Bonchev–Trinajstić information content (AvgIpc) is 3.20. The highest BCUT2D eigenvalue weighted by Gasteiger charge is 2.28. The van der Waals surface area contributed by atoms with E-state index in [2.05, 4.69) is 21.7 Å². The average molecular weight is 412 g/mol. The number of hydrogen-bond donors (Lipinski definition) is 2. The molecule has 2 saturated heterocycles. The zero-order valence-corrected chi connectivity index (χ0v) is 16.5. The minimum atomic E-state index is -0.772. The van der Waals surface area contributed by atoms with E-state index in [9.17, 15) is 9.59 Å². The summed E-state index contributed by atoms with van der Waals surface area (Å²) in [6.45, 7) is 7.30. The molecule has 3 N–H and O–H groups in total. The first-order valence-electron chi connectivity index (χ1n) is 9.82. The number of amides is 2. The molecule has 0 spiro atoms. The Morgan fingerprint density at radius 1 is 1.23 bits per heavy atom. The molecule has 10 heteroatoms. The van der Waals surface area contributed by atoms with Gasteiger partial charge in [-0.05, 0) is 24.3 Å². The van der Waals surface area contributed by atoms with Crippen LogP contribution in [0.4, 0.5) is 22.2 Å². The molecule has 1 unspecified atom stereocenters. The van der Waals surface area contributed by atoms with Gasteiger partial charge >= 0.3 is 6.09 Å². The Morgan fingerprint density at radius 3 is 2.77 bits per heavy atom. The molecule has 2 aliphatic heterocycles. The summed E-state index contributed by atoms with van der Waals surface area (Å²) in [5, 5.41) is 3.61. The Morgan fingerprint density at radius 2 is 2.03 bits per heavy atom. The molecule has 1 aromatic carbocycles. The molecule has 2 amide bonds. The molecule has 2 aliphatic rings. The van der Waals surface area contributed by atoms with E-state index in [-0.39, 0.29) is 12.0 Å². The van der Waals surface area contributed by atoms with Crippen molar-refractivity contribution in [3.8, 4) is 0 Å². The summed E-state index contributed by atoms with van der Waals surface area (Å²) in [4.78, 5) is 36.5. The molecule has 158 valence electrons. The van der Waals surface area contributed by atoms with Gasteiger partial charge in [0.05, 0.1) is 25.3 Å². The summed E-state index contributed by atoms with van der Waals surface area (Å²) >= 11 is 0. The summed E-state index contributed by atoms with van der Waals surface area (Å²) in [7, 11) is 0. The minimum Gasteiger partial charge on any atom is -0.444 e. The van der Waals surface area contributed by atoms with Crippen molar-refractivity contribution in [2.24, 2.45) is 5.73 Å². The number of aromatic nitrogens is 2. The van der Waals surface area contributed by atoms with Crippen LogP contribution in [0.3, 0.4) is 0 Å². The van der Waals surface area contributed by atoms with Gasteiger partial charge in [-0.25, -0.2) is 9.78 Å². The number of benzene rings is 1. The fraction of sp³-hybridized carbons (Fsp3) is 0.400. The van der Waals surface area contributed by atoms with Gasteiger partial charge in [0.1, 0.15) is 11.9 Å². The summed E-state index contributed by atoms with van der Waals surface area (Å²) in [5.74, 6) is 1.08. The lowest BCUT2D eigenvalue weighted by molar-refractivity contribution is -0.111. The lowest BCUT2D eigenvalue weighted by Gasteiger charge is -2.28. The van der Waals surface area contributed by atoms with Gasteiger partial charge in [-0.15, -0.1) is 0 Å². The van der Waals surface area contributed by atoms with Crippen LogP contribution in [0.15, 0.2) is 30.9 Å². The Bertz CT molecular complexity index is 975. The van der Waals surface area contributed by atoms with Crippen molar-refractivity contribution in [3.63, 3.8) is 0 Å². The molecule has 2 aromatic rings. The number of morpholine rings is 1. The quantitative estimate of drug-likeness (QED) is 0.704. The van der Waals surface area contributed by atoms with E-state index in [1.54, 1.807) is 6.07 Å². The molecule has 0 radical (unpaired) electrons. The molecule has 0 bridgehead atoms. The zero-order valence-electron chi connectivity index (χ0n) is 16.5. The number of fused-ring (bicyclic) bond motifs is 1. The molecule has 30 heavy (non-hydrogen) atoms. The van der Waals surface area contributed by atoms with E-state index in [1.165, 1.54) is 6.08 Å². The summed E-state index contributed by atoms with van der Waals surface area (Å²) in [6, 6.07) is 5.51. The van der Waals surface area contributed by atoms with Crippen LogP contribution >= 0.6 is 0 Å². The topological polar surface area (TPSA) is 123 Å². The standard InChI is InChI=1S/C20H24N6O4/c1-2-17(27)22-13-3-4-15-16(11-13)23-20(25-7-9-29-10-8-25)24-18(15)26-6-5-14(12-26)30-19(21)28/h2-4,11,14H,1,5-10,12H2,(H2,21,28)(H,22,27). The van der Waals surface area contributed by atoms with Crippen LogP contribution < -0.4 is 20.9 Å². The van der Waals surface area contributed by atoms with E-state index in [0.717, 1.165) is 11.2 Å². The van der Waals surface area contributed by atoms with Crippen LogP contribution in [-0.4, -0.2) is 67.5 Å². The van der Waals surface area contributed by atoms with Crippen molar-refractivity contribution in [3.05, 3.63) is 30.9 Å². The molecular formula is C20H24N6O4. The van der Waals surface area contributed by atoms with Gasteiger partial charge in [-0.3, -0.25) is 4.79 Å². The molecule has 0 saturated carbocycles. The zero-order chi connectivity index (χ0) is 21.1. The fourth-order valence-corrected chi connectivity index (χ4v) is 3.70.